The Morgan fingerprint density at radius 1 is 1.46 bits per heavy atom. The molecule has 0 spiro atoms. The van der Waals surface area contributed by atoms with Crippen molar-refractivity contribution in [3.63, 3.8) is 0 Å². The highest BCUT2D eigenvalue weighted by molar-refractivity contribution is 7.80. The minimum atomic E-state index is -0.920. The molecule has 0 bridgehead atoms. The summed E-state index contributed by atoms with van der Waals surface area (Å²) < 4.78 is 0. The summed E-state index contributed by atoms with van der Waals surface area (Å²) in [5.41, 5.74) is 1.03. The van der Waals surface area contributed by atoms with E-state index in [4.69, 9.17) is 5.11 Å². The first-order chi connectivity index (χ1) is 6.20. The molecule has 0 atom stereocenters. The lowest BCUT2D eigenvalue weighted by molar-refractivity contribution is -0.131. The number of carbonyl (C=O) groups is 1. The van der Waals surface area contributed by atoms with Crippen molar-refractivity contribution >= 4 is 18.6 Å². The van der Waals surface area contributed by atoms with Gasteiger partial charge in [-0.05, 0) is 18.1 Å². The van der Waals surface area contributed by atoms with Crippen molar-refractivity contribution in [2.75, 3.05) is 0 Å². The zero-order chi connectivity index (χ0) is 9.68. The molecule has 0 aromatic heterocycles. The molecule has 0 heterocycles. The number of aliphatic carboxylic acids is 1. The monoisotopic (exact) mass is 194 g/mol. The fourth-order valence-corrected chi connectivity index (χ4v) is 1.22. The summed E-state index contributed by atoms with van der Waals surface area (Å²) in [5.74, 6) is -0.920. The van der Waals surface area contributed by atoms with Crippen molar-refractivity contribution in [3.05, 3.63) is 42.0 Å². The smallest absolute Gasteiger partial charge is 0.327 e. The molecular formula is C10H10O2S. The molecule has 0 aliphatic rings. The molecule has 0 radical (unpaired) electrons. The van der Waals surface area contributed by atoms with Crippen molar-refractivity contribution in [3.8, 4) is 0 Å². The highest BCUT2D eigenvalue weighted by Crippen LogP contribution is 2.13. The van der Waals surface area contributed by atoms with E-state index in [9.17, 15) is 4.79 Å². The van der Waals surface area contributed by atoms with E-state index in [1.807, 2.05) is 24.3 Å². The van der Waals surface area contributed by atoms with Crippen LogP contribution in [0, 0.1) is 0 Å². The molecule has 13 heavy (non-hydrogen) atoms. The van der Waals surface area contributed by atoms with Crippen LogP contribution in [0.2, 0.25) is 0 Å². The first kappa shape index (κ1) is 9.86. The summed E-state index contributed by atoms with van der Waals surface area (Å²) in [5, 5.41) is 8.35. The van der Waals surface area contributed by atoms with E-state index in [0.717, 1.165) is 16.5 Å². The minimum absolute atomic E-state index is 0.603. The molecule has 0 aliphatic carbocycles. The van der Waals surface area contributed by atoms with E-state index in [0.29, 0.717) is 6.42 Å². The average molecular weight is 194 g/mol. The highest BCUT2D eigenvalue weighted by Gasteiger charge is 1.94. The van der Waals surface area contributed by atoms with Gasteiger partial charge in [-0.3, -0.25) is 0 Å². The molecule has 0 unspecified atom stereocenters. The predicted molar refractivity (Wildman–Crippen MR) is 54.2 cm³/mol. The van der Waals surface area contributed by atoms with Gasteiger partial charge in [0.25, 0.3) is 0 Å². The Labute approximate surface area is 82.3 Å². The van der Waals surface area contributed by atoms with Gasteiger partial charge in [0, 0.05) is 11.0 Å². The van der Waals surface area contributed by atoms with E-state index in [-0.39, 0.29) is 0 Å². The second kappa shape index (κ2) is 4.72. The van der Waals surface area contributed by atoms with Crippen molar-refractivity contribution < 1.29 is 9.90 Å². The molecule has 68 valence electrons. The van der Waals surface area contributed by atoms with Crippen LogP contribution in [0.3, 0.4) is 0 Å². The van der Waals surface area contributed by atoms with Crippen LogP contribution in [-0.4, -0.2) is 11.1 Å². The summed E-state index contributed by atoms with van der Waals surface area (Å²) >= 11 is 4.24. The Bertz CT molecular complexity index is 331. The maximum absolute atomic E-state index is 10.2. The summed E-state index contributed by atoms with van der Waals surface area (Å²) in [6.07, 6.45) is 3.35. The topological polar surface area (TPSA) is 37.3 Å². The van der Waals surface area contributed by atoms with E-state index < -0.39 is 5.97 Å². The number of hydrogen-bond acceptors (Lipinski definition) is 2. The maximum Gasteiger partial charge on any atom is 0.327 e. The summed E-state index contributed by atoms with van der Waals surface area (Å²) in [6, 6.07) is 7.61. The number of carboxylic acids is 1. The van der Waals surface area contributed by atoms with Gasteiger partial charge in [-0.2, -0.15) is 0 Å². The highest BCUT2D eigenvalue weighted by atomic mass is 32.1. The zero-order valence-electron chi connectivity index (χ0n) is 6.97. The molecule has 0 aliphatic heterocycles. The second-order valence-electron chi connectivity index (χ2n) is 2.57. The largest absolute Gasteiger partial charge is 0.478 e. The molecule has 2 nitrogen and oxygen atoms in total. The van der Waals surface area contributed by atoms with Crippen LogP contribution in [0.25, 0.3) is 0 Å². The molecular weight excluding hydrogens is 184 g/mol. The molecule has 0 saturated carbocycles. The quantitative estimate of drug-likeness (QED) is 0.571. The fraction of sp³-hybridized carbons (Fsp3) is 0.100. The molecule has 1 aromatic rings. The third kappa shape index (κ3) is 3.34. The first-order valence-corrected chi connectivity index (χ1v) is 4.31. The van der Waals surface area contributed by atoms with Crippen LogP contribution in [0.5, 0.6) is 0 Å². The third-order valence-corrected chi connectivity index (χ3v) is 2.03. The Kier molecular flexibility index (Phi) is 3.58. The Morgan fingerprint density at radius 2 is 2.15 bits per heavy atom. The zero-order valence-corrected chi connectivity index (χ0v) is 7.87. The number of rotatable bonds is 3. The Hall–Kier alpha value is -1.22. The third-order valence-electron chi connectivity index (χ3n) is 1.59. The van der Waals surface area contributed by atoms with Crippen molar-refractivity contribution in [1.82, 2.24) is 0 Å². The number of thiol groups is 1. The van der Waals surface area contributed by atoms with Crippen LogP contribution in [0.15, 0.2) is 41.3 Å². The van der Waals surface area contributed by atoms with E-state index in [1.165, 1.54) is 0 Å². The van der Waals surface area contributed by atoms with Crippen LogP contribution in [-0.2, 0) is 11.2 Å². The van der Waals surface area contributed by atoms with Gasteiger partial charge >= 0.3 is 5.97 Å². The van der Waals surface area contributed by atoms with Crippen LogP contribution >= 0.6 is 12.6 Å². The summed E-state index contributed by atoms with van der Waals surface area (Å²) in [7, 11) is 0. The second-order valence-corrected chi connectivity index (χ2v) is 3.06. The number of allylic oxidation sites excluding steroid dienone is 1. The van der Waals surface area contributed by atoms with Gasteiger partial charge in [-0.1, -0.05) is 24.3 Å². The van der Waals surface area contributed by atoms with Gasteiger partial charge in [0.15, 0.2) is 0 Å². The lowest BCUT2D eigenvalue weighted by Crippen LogP contribution is -1.88. The molecule has 3 heteroatoms. The van der Waals surface area contributed by atoms with Gasteiger partial charge in [0.1, 0.15) is 0 Å². The van der Waals surface area contributed by atoms with E-state index in [2.05, 4.69) is 12.6 Å². The Balaban J connectivity index is 2.64. The normalized spacial score (nSPS) is 10.5. The molecule has 1 N–H and O–H groups in total. The van der Waals surface area contributed by atoms with Gasteiger partial charge in [0.05, 0.1) is 0 Å². The molecule has 0 amide bonds. The van der Waals surface area contributed by atoms with Crippen LogP contribution < -0.4 is 0 Å². The lowest BCUT2D eigenvalue weighted by atomic mass is 10.1. The van der Waals surface area contributed by atoms with Gasteiger partial charge < -0.3 is 5.11 Å². The van der Waals surface area contributed by atoms with Gasteiger partial charge in [-0.25, -0.2) is 4.79 Å². The van der Waals surface area contributed by atoms with Gasteiger partial charge in [-0.15, -0.1) is 12.6 Å². The van der Waals surface area contributed by atoms with Crippen LogP contribution in [0.1, 0.15) is 5.56 Å². The number of benzene rings is 1. The predicted octanol–water partition coefficient (Wildman–Crippen LogP) is 2.16. The molecule has 0 fully saturated rings. The van der Waals surface area contributed by atoms with Gasteiger partial charge in [0.2, 0.25) is 0 Å². The fourth-order valence-electron chi connectivity index (χ4n) is 0.970. The van der Waals surface area contributed by atoms with Crippen LogP contribution in [0.4, 0.5) is 0 Å². The Morgan fingerprint density at radius 3 is 2.77 bits per heavy atom. The van der Waals surface area contributed by atoms with Crippen molar-refractivity contribution in [2.24, 2.45) is 0 Å². The van der Waals surface area contributed by atoms with E-state index >= 15 is 0 Å². The summed E-state index contributed by atoms with van der Waals surface area (Å²) in [6.45, 7) is 0. The SMILES string of the molecule is O=C(O)C=CCc1ccccc1S. The van der Waals surface area contributed by atoms with E-state index in [1.54, 1.807) is 6.08 Å². The number of hydrogen-bond donors (Lipinski definition) is 2. The van der Waals surface area contributed by atoms with Crippen molar-refractivity contribution in [1.29, 1.82) is 0 Å². The minimum Gasteiger partial charge on any atom is -0.478 e. The lowest BCUT2D eigenvalue weighted by Gasteiger charge is -1.99. The molecule has 1 aromatic carbocycles. The maximum atomic E-state index is 10.2. The first-order valence-electron chi connectivity index (χ1n) is 3.86. The average Bonchev–Trinajstić information content (AvgIpc) is 2.08. The standard InChI is InChI=1S/C10H10O2S/c11-10(12)7-3-5-8-4-1-2-6-9(8)13/h1-4,6-7,13H,5H2,(H,11,12). The summed E-state index contributed by atoms with van der Waals surface area (Å²) in [4.78, 5) is 11.1. The number of carboxylic acid groups (broad SMARTS) is 1. The molecule has 1 rings (SSSR count). The van der Waals surface area contributed by atoms with Crippen molar-refractivity contribution in [2.45, 2.75) is 11.3 Å². The molecule has 0 saturated heterocycles.